The highest BCUT2D eigenvalue weighted by Gasteiger charge is 2.10. The lowest BCUT2D eigenvalue weighted by molar-refractivity contribution is 0.192. The van der Waals surface area contributed by atoms with Crippen LogP contribution in [0.25, 0.3) is 0 Å². The summed E-state index contributed by atoms with van der Waals surface area (Å²) in [5.41, 5.74) is 2.75. The molecule has 0 aliphatic rings. The number of rotatable bonds is 5. The molecule has 3 aromatic rings. The predicted octanol–water partition coefficient (Wildman–Crippen LogP) is 2.42. The fourth-order valence-electron chi connectivity index (χ4n) is 2.08. The van der Waals surface area contributed by atoms with E-state index in [2.05, 4.69) is 15.2 Å². The van der Waals surface area contributed by atoms with Crippen molar-refractivity contribution in [3.63, 3.8) is 0 Å². The lowest BCUT2D eigenvalue weighted by atomic mass is 10.1. The number of nitrogens with zero attached hydrogens (tertiary/aromatic N) is 4. The molecule has 7 heteroatoms. The highest BCUT2D eigenvalue weighted by Crippen LogP contribution is 2.14. The van der Waals surface area contributed by atoms with Crippen LogP contribution in [0.1, 0.15) is 22.6 Å². The van der Waals surface area contributed by atoms with E-state index in [4.69, 9.17) is 9.26 Å². The molecule has 0 fully saturated rings. The van der Waals surface area contributed by atoms with E-state index in [1.54, 1.807) is 16.8 Å². The molecule has 0 unspecified atom stereocenters. The Morgan fingerprint density at radius 1 is 1.27 bits per heavy atom. The van der Waals surface area contributed by atoms with Gasteiger partial charge >= 0.3 is 6.08 Å². The lowest BCUT2D eigenvalue weighted by Crippen LogP contribution is -1.99. The molecule has 6 nitrogen and oxygen atoms in total. The first-order valence-corrected chi connectivity index (χ1v) is 6.79. The Morgan fingerprint density at radius 3 is 2.73 bits per heavy atom. The Balaban J connectivity index is 1.61. The van der Waals surface area contributed by atoms with Crippen molar-refractivity contribution in [2.75, 3.05) is 0 Å². The van der Waals surface area contributed by atoms with Gasteiger partial charge in [0.25, 0.3) is 0 Å². The van der Waals surface area contributed by atoms with Crippen molar-refractivity contribution < 1.29 is 13.7 Å². The van der Waals surface area contributed by atoms with Gasteiger partial charge in [-0.15, -0.1) is 0 Å². The summed E-state index contributed by atoms with van der Waals surface area (Å²) in [5, 5.41) is 8.12. The fourth-order valence-corrected chi connectivity index (χ4v) is 2.08. The molecule has 0 N–H and O–H groups in total. The maximum absolute atomic E-state index is 12.8. The number of ether oxygens (including phenoxy) is 1. The fraction of sp³-hybridized carbons (Fsp3) is 0.267. The number of hydrogen-bond donors (Lipinski definition) is 0. The SMILES string of the molecule is Cc1cn(C)nc1COc1nc(Cc2ccc(F)cc2)no1. The van der Waals surface area contributed by atoms with Crippen molar-refractivity contribution >= 4 is 0 Å². The zero-order valence-electron chi connectivity index (χ0n) is 12.3. The molecule has 2 aromatic heterocycles. The summed E-state index contributed by atoms with van der Waals surface area (Å²) in [6.07, 6.45) is 2.46. The summed E-state index contributed by atoms with van der Waals surface area (Å²) < 4.78 is 25.1. The monoisotopic (exact) mass is 302 g/mol. The first-order valence-electron chi connectivity index (χ1n) is 6.79. The van der Waals surface area contributed by atoms with E-state index in [0.717, 1.165) is 16.8 Å². The molecule has 0 saturated heterocycles. The molecule has 0 amide bonds. The zero-order chi connectivity index (χ0) is 15.5. The molecule has 2 heterocycles. The molecule has 114 valence electrons. The summed E-state index contributed by atoms with van der Waals surface area (Å²) in [6, 6.07) is 6.17. The van der Waals surface area contributed by atoms with E-state index >= 15 is 0 Å². The second-order valence-corrected chi connectivity index (χ2v) is 5.00. The third-order valence-corrected chi connectivity index (χ3v) is 3.17. The number of aromatic nitrogens is 4. The molecule has 0 spiro atoms. The van der Waals surface area contributed by atoms with Gasteiger partial charge in [-0.2, -0.15) is 10.1 Å². The maximum Gasteiger partial charge on any atom is 0.417 e. The molecular formula is C15H15FN4O2. The van der Waals surface area contributed by atoms with Crippen molar-refractivity contribution in [1.82, 2.24) is 19.9 Å². The van der Waals surface area contributed by atoms with Crippen molar-refractivity contribution in [2.24, 2.45) is 7.05 Å². The molecule has 0 radical (unpaired) electrons. The van der Waals surface area contributed by atoms with Gasteiger partial charge in [0.1, 0.15) is 18.1 Å². The largest absolute Gasteiger partial charge is 0.442 e. The summed E-state index contributed by atoms with van der Waals surface area (Å²) in [4.78, 5) is 4.15. The topological polar surface area (TPSA) is 66.0 Å². The number of aryl methyl sites for hydroxylation is 2. The molecular weight excluding hydrogens is 287 g/mol. The quantitative estimate of drug-likeness (QED) is 0.724. The molecule has 0 aliphatic heterocycles. The molecule has 22 heavy (non-hydrogen) atoms. The summed E-state index contributed by atoms with van der Waals surface area (Å²) in [5.74, 6) is 0.214. The second-order valence-electron chi connectivity index (χ2n) is 5.00. The van der Waals surface area contributed by atoms with E-state index in [9.17, 15) is 4.39 Å². The van der Waals surface area contributed by atoms with Crippen LogP contribution in [-0.2, 0) is 20.1 Å². The van der Waals surface area contributed by atoms with Crippen LogP contribution >= 0.6 is 0 Å². The zero-order valence-corrected chi connectivity index (χ0v) is 12.3. The molecule has 0 aliphatic carbocycles. The van der Waals surface area contributed by atoms with Crippen molar-refractivity contribution in [3.05, 3.63) is 58.9 Å². The average Bonchev–Trinajstić information content (AvgIpc) is 3.05. The first kappa shape index (κ1) is 14.2. The third-order valence-electron chi connectivity index (χ3n) is 3.17. The minimum atomic E-state index is -0.272. The Hall–Kier alpha value is -2.70. The van der Waals surface area contributed by atoms with Crippen LogP contribution in [-0.4, -0.2) is 19.9 Å². The van der Waals surface area contributed by atoms with Crippen molar-refractivity contribution in [3.8, 4) is 6.08 Å². The minimum Gasteiger partial charge on any atom is -0.442 e. The van der Waals surface area contributed by atoms with E-state index in [1.165, 1.54) is 12.1 Å². The Labute approximate surface area is 126 Å². The highest BCUT2D eigenvalue weighted by atomic mass is 19.1. The van der Waals surface area contributed by atoms with E-state index < -0.39 is 0 Å². The van der Waals surface area contributed by atoms with Crippen molar-refractivity contribution in [2.45, 2.75) is 20.0 Å². The van der Waals surface area contributed by atoms with E-state index in [0.29, 0.717) is 12.2 Å². The van der Waals surface area contributed by atoms with Gasteiger partial charge in [0.15, 0.2) is 5.82 Å². The van der Waals surface area contributed by atoms with Gasteiger partial charge in [-0.1, -0.05) is 17.3 Å². The first-order chi connectivity index (χ1) is 10.6. The van der Waals surface area contributed by atoms with Gasteiger partial charge in [0.05, 0.1) is 0 Å². The van der Waals surface area contributed by atoms with Crippen LogP contribution in [0.2, 0.25) is 0 Å². The normalized spacial score (nSPS) is 10.9. The standard InChI is InChI=1S/C15H15FN4O2/c1-10-8-20(2)18-13(10)9-21-15-17-14(19-22-15)7-11-3-5-12(16)6-4-11/h3-6,8H,7,9H2,1-2H3. The van der Waals surface area contributed by atoms with Gasteiger partial charge in [0.2, 0.25) is 0 Å². The van der Waals surface area contributed by atoms with Gasteiger partial charge < -0.3 is 4.74 Å². The molecule has 0 bridgehead atoms. The van der Waals surface area contributed by atoms with Crippen molar-refractivity contribution in [1.29, 1.82) is 0 Å². The second kappa shape index (κ2) is 5.97. The predicted molar refractivity (Wildman–Crippen MR) is 75.8 cm³/mol. The van der Waals surface area contributed by atoms with E-state index in [1.807, 2.05) is 20.2 Å². The maximum atomic E-state index is 12.8. The van der Waals surface area contributed by atoms with Crippen LogP contribution < -0.4 is 4.74 Å². The third kappa shape index (κ3) is 3.30. The van der Waals surface area contributed by atoms with Crippen LogP contribution in [0, 0.1) is 12.7 Å². The molecule has 3 rings (SSSR count). The van der Waals surface area contributed by atoms with Crippen LogP contribution in [0.3, 0.4) is 0 Å². The minimum absolute atomic E-state index is 0.0992. The lowest BCUT2D eigenvalue weighted by Gasteiger charge is -1.98. The number of benzene rings is 1. The summed E-state index contributed by atoms with van der Waals surface area (Å²) >= 11 is 0. The average molecular weight is 302 g/mol. The summed E-state index contributed by atoms with van der Waals surface area (Å²) in [6.45, 7) is 2.23. The van der Waals surface area contributed by atoms with Gasteiger partial charge in [-0.05, 0) is 30.2 Å². The Bertz CT molecular complexity index is 764. The van der Waals surface area contributed by atoms with Crippen LogP contribution in [0.4, 0.5) is 4.39 Å². The van der Waals surface area contributed by atoms with E-state index in [-0.39, 0.29) is 18.5 Å². The molecule has 0 atom stereocenters. The van der Waals surface area contributed by atoms with Gasteiger partial charge in [0, 0.05) is 19.7 Å². The van der Waals surface area contributed by atoms with Gasteiger partial charge in [-0.25, -0.2) is 4.39 Å². The molecule has 1 aromatic carbocycles. The summed E-state index contributed by atoms with van der Waals surface area (Å²) in [7, 11) is 1.85. The number of halogens is 1. The van der Waals surface area contributed by atoms with Crippen LogP contribution in [0.15, 0.2) is 35.0 Å². The molecule has 0 saturated carbocycles. The number of hydrogen-bond acceptors (Lipinski definition) is 5. The Kier molecular flexibility index (Phi) is 3.86. The Morgan fingerprint density at radius 2 is 2.05 bits per heavy atom. The smallest absolute Gasteiger partial charge is 0.417 e. The van der Waals surface area contributed by atoms with Gasteiger partial charge in [-0.3, -0.25) is 9.20 Å². The van der Waals surface area contributed by atoms with Crippen LogP contribution in [0.5, 0.6) is 6.08 Å². The highest BCUT2D eigenvalue weighted by molar-refractivity contribution is 5.19.